The number of halogens is 3. The van der Waals surface area contributed by atoms with Gasteiger partial charge in [-0.2, -0.15) is 0 Å². The summed E-state index contributed by atoms with van der Waals surface area (Å²) in [4.78, 5) is 26.7. The Kier molecular flexibility index (Phi) is 7.04. The van der Waals surface area contributed by atoms with Crippen molar-refractivity contribution in [3.8, 4) is 5.75 Å². The van der Waals surface area contributed by atoms with Gasteiger partial charge in [-0.15, -0.1) is 0 Å². The zero-order chi connectivity index (χ0) is 26.3. The van der Waals surface area contributed by atoms with E-state index in [1.165, 1.54) is 0 Å². The van der Waals surface area contributed by atoms with E-state index in [-0.39, 0.29) is 29.0 Å². The summed E-state index contributed by atoms with van der Waals surface area (Å²) in [6, 6.07) is 18.0. The SMILES string of the molecule is CCOC(=O)C1=C(C)NC2=C(C(=O)c3ccccc32)[C@H]1c1cc(Cl)c(OCc2ccc(Cl)cc2)c(Cl)c1. The van der Waals surface area contributed by atoms with E-state index < -0.39 is 11.9 Å². The molecule has 1 heterocycles. The van der Waals surface area contributed by atoms with Crippen LogP contribution in [0.2, 0.25) is 15.1 Å². The van der Waals surface area contributed by atoms with Crippen molar-refractivity contribution >= 4 is 52.3 Å². The molecule has 8 heteroatoms. The minimum atomic E-state index is -0.726. The van der Waals surface area contributed by atoms with Crippen molar-refractivity contribution in [3.63, 3.8) is 0 Å². The number of dihydropyridines is 1. The predicted molar refractivity (Wildman–Crippen MR) is 145 cm³/mol. The van der Waals surface area contributed by atoms with E-state index in [0.29, 0.717) is 44.4 Å². The van der Waals surface area contributed by atoms with Gasteiger partial charge in [0.1, 0.15) is 6.61 Å². The van der Waals surface area contributed by atoms with Crippen LogP contribution in [0.3, 0.4) is 0 Å². The molecule has 5 nitrogen and oxygen atoms in total. The lowest BCUT2D eigenvalue weighted by molar-refractivity contribution is -0.138. The Hall–Kier alpha value is -3.25. The highest BCUT2D eigenvalue weighted by Crippen LogP contribution is 2.48. The van der Waals surface area contributed by atoms with Gasteiger partial charge in [-0.3, -0.25) is 4.79 Å². The Morgan fingerprint density at radius 1 is 0.973 bits per heavy atom. The Bertz CT molecular complexity index is 1470. The number of hydrogen-bond acceptors (Lipinski definition) is 5. The molecular formula is C29H22Cl3NO4. The quantitative estimate of drug-likeness (QED) is 0.323. The molecule has 3 aromatic carbocycles. The van der Waals surface area contributed by atoms with Crippen LogP contribution in [0.15, 0.2) is 77.5 Å². The molecule has 0 saturated carbocycles. The maximum Gasteiger partial charge on any atom is 0.336 e. The maximum absolute atomic E-state index is 13.6. The minimum Gasteiger partial charge on any atom is -0.486 e. The molecule has 0 aromatic heterocycles. The number of ketones is 1. The van der Waals surface area contributed by atoms with Crippen molar-refractivity contribution in [1.82, 2.24) is 5.32 Å². The second-order valence-corrected chi connectivity index (χ2v) is 9.96. The average Bonchev–Trinajstić information content (AvgIpc) is 3.15. The number of ether oxygens (including phenoxy) is 2. The molecule has 1 N–H and O–H groups in total. The van der Waals surface area contributed by atoms with Gasteiger partial charge in [-0.1, -0.05) is 71.2 Å². The molecule has 188 valence electrons. The lowest BCUT2D eigenvalue weighted by atomic mass is 9.80. The van der Waals surface area contributed by atoms with Gasteiger partial charge in [-0.25, -0.2) is 4.79 Å². The molecule has 1 aliphatic heterocycles. The zero-order valence-electron chi connectivity index (χ0n) is 20.0. The summed E-state index contributed by atoms with van der Waals surface area (Å²) < 4.78 is 11.3. The normalized spacial score (nSPS) is 16.4. The zero-order valence-corrected chi connectivity index (χ0v) is 22.3. The molecule has 0 amide bonds. The van der Waals surface area contributed by atoms with E-state index in [4.69, 9.17) is 44.3 Å². The fourth-order valence-electron chi connectivity index (χ4n) is 4.76. The van der Waals surface area contributed by atoms with Crippen molar-refractivity contribution in [1.29, 1.82) is 0 Å². The Morgan fingerprint density at radius 3 is 2.27 bits per heavy atom. The number of fused-ring (bicyclic) bond motifs is 2. The van der Waals surface area contributed by atoms with E-state index in [2.05, 4.69) is 5.32 Å². The molecule has 1 aliphatic carbocycles. The second-order valence-electron chi connectivity index (χ2n) is 8.71. The molecule has 37 heavy (non-hydrogen) atoms. The van der Waals surface area contributed by atoms with E-state index >= 15 is 0 Å². The first kappa shape index (κ1) is 25.4. The van der Waals surface area contributed by atoms with Gasteiger partial charge in [-0.05, 0) is 49.2 Å². The molecule has 0 unspecified atom stereocenters. The third-order valence-electron chi connectivity index (χ3n) is 6.39. The molecule has 5 rings (SSSR count). The first-order valence-corrected chi connectivity index (χ1v) is 12.8. The van der Waals surface area contributed by atoms with Gasteiger partial charge in [0.05, 0.1) is 27.9 Å². The van der Waals surface area contributed by atoms with Crippen LogP contribution in [0, 0.1) is 0 Å². The smallest absolute Gasteiger partial charge is 0.336 e. The molecule has 0 spiro atoms. The summed E-state index contributed by atoms with van der Waals surface area (Å²) in [5.41, 5.74) is 4.91. The second kappa shape index (κ2) is 10.3. The summed E-state index contributed by atoms with van der Waals surface area (Å²) >= 11 is 19.3. The largest absolute Gasteiger partial charge is 0.486 e. The van der Waals surface area contributed by atoms with Crippen LogP contribution < -0.4 is 10.1 Å². The lowest BCUT2D eigenvalue weighted by Gasteiger charge is -2.29. The third-order valence-corrected chi connectivity index (χ3v) is 7.21. The van der Waals surface area contributed by atoms with Crippen LogP contribution in [-0.4, -0.2) is 18.4 Å². The number of allylic oxidation sites excluding steroid dienone is 2. The molecule has 3 aromatic rings. The summed E-state index contributed by atoms with van der Waals surface area (Å²) in [5, 5.41) is 4.43. The number of esters is 1. The molecule has 0 fully saturated rings. The maximum atomic E-state index is 13.6. The van der Waals surface area contributed by atoms with Gasteiger partial charge in [0.15, 0.2) is 11.5 Å². The predicted octanol–water partition coefficient (Wildman–Crippen LogP) is 7.36. The monoisotopic (exact) mass is 553 g/mol. The van der Waals surface area contributed by atoms with Crippen LogP contribution in [0.1, 0.15) is 46.8 Å². The van der Waals surface area contributed by atoms with Crippen LogP contribution in [0.4, 0.5) is 0 Å². The van der Waals surface area contributed by atoms with Crippen molar-refractivity contribution < 1.29 is 19.1 Å². The molecule has 1 atom stereocenters. The van der Waals surface area contributed by atoms with Gasteiger partial charge < -0.3 is 14.8 Å². The summed E-state index contributed by atoms with van der Waals surface area (Å²) in [6.07, 6.45) is 0. The van der Waals surface area contributed by atoms with Crippen LogP contribution >= 0.6 is 34.8 Å². The fraction of sp³-hybridized carbons (Fsp3) is 0.172. The number of rotatable bonds is 6. The van der Waals surface area contributed by atoms with Crippen molar-refractivity contribution in [2.75, 3.05) is 6.61 Å². The Balaban J connectivity index is 1.57. The number of hydrogen-bond donors (Lipinski definition) is 1. The summed E-state index contributed by atoms with van der Waals surface area (Å²) in [5.74, 6) is -1.09. The number of carbonyl (C=O) groups excluding carboxylic acids is 2. The topological polar surface area (TPSA) is 64.6 Å². The van der Waals surface area contributed by atoms with Crippen molar-refractivity contribution in [2.24, 2.45) is 0 Å². The van der Waals surface area contributed by atoms with Gasteiger partial charge >= 0.3 is 5.97 Å². The molecule has 2 aliphatic rings. The number of nitrogens with one attached hydrogen (secondary N) is 1. The van der Waals surface area contributed by atoms with Crippen molar-refractivity contribution in [2.45, 2.75) is 26.4 Å². The Morgan fingerprint density at radius 2 is 1.62 bits per heavy atom. The van der Waals surface area contributed by atoms with Crippen LogP contribution in [-0.2, 0) is 16.1 Å². The highest BCUT2D eigenvalue weighted by molar-refractivity contribution is 6.37. The molecule has 0 radical (unpaired) electrons. The average molecular weight is 555 g/mol. The number of benzene rings is 3. The van der Waals surface area contributed by atoms with Gasteiger partial charge in [0.25, 0.3) is 0 Å². The van der Waals surface area contributed by atoms with E-state index in [9.17, 15) is 9.59 Å². The summed E-state index contributed by atoms with van der Waals surface area (Å²) in [6.45, 7) is 3.96. The minimum absolute atomic E-state index is 0.160. The summed E-state index contributed by atoms with van der Waals surface area (Å²) in [7, 11) is 0. The van der Waals surface area contributed by atoms with E-state index in [1.807, 2.05) is 30.3 Å². The van der Waals surface area contributed by atoms with Crippen LogP contribution in [0.25, 0.3) is 5.70 Å². The van der Waals surface area contributed by atoms with Crippen LogP contribution in [0.5, 0.6) is 5.75 Å². The molecule has 0 saturated heterocycles. The Labute approximate surface area is 229 Å². The molecular weight excluding hydrogens is 533 g/mol. The lowest BCUT2D eigenvalue weighted by Crippen LogP contribution is -2.29. The highest BCUT2D eigenvalue weighted by atomic mass is 35.5. The first-order valence-electron chi connectivity index (χ1n) is 11.7. The van der Waals surface area contributed by atoms with E-state index in [0.717, 1.165) is 11.1 Å². The molecule has 0 bridgehead atoms. The van der Waals surface area contributed by atoms with Gasteiger partial charge in [0.2, 0.25) is 0 Å². The fourth-order valence-corrected chi connectivity index (χ4v) is 5.50. The highest BCUT2D eigenvalue weighted by Gasteiger charge is 2.43. The number of carbonyl (C=O) groups is 2. The van der Waals surface area contributed by atoms with Gasteiger partial charge in [0, 0.05) is 33.3 Å². The number of Topliss-reactive ketones (excluding diaryl/α,β-unsaturated/α-hetero) is 1. The van der Waals surface area contributed by atoms with E-state index in [1.54, 1.807) is 44.2 Å². The first-order chi connectivity index (χ1) is 17.8. The van der Waals surface area contributed by atoms with Crippen molar-refractivity contribution in [3.05, 3.63) is 115 Å². The third kappa shape index (κ3) is 4.63. The standard InChI is InChI=1S/C29H22Cl3NO4/c1-3-36-29(35)23-15(2)33-26-19-6-4-5-7-20(19)27(34)25(26)24(23)17-12-21(31)28(22(32)13-17)37-14-16-8-10-18(30)11-9-16/h4-13,24,33H,3,14H2,1-2H3/t24-/m0/s1.